The maximum atomic E-state index is 11.8. The number of aliphatic hydroxyl groups excluding tert-OH is 1. The van der Waals surface area contributed by atoms with Crippen LogP contribution >= 0.6 is 0 Å². The molecule has 0 amide bonds. The van der Waals surface area contributed by atoms with Crippen molar-refractivity contribution in [1.29, 1.82) is 0 Å². The summed E-state index contributed by atoms with van der Waals surface area (Å²) in [5, 5.41) is 16.4. The smallest absolute Gasteiger partial charge is 0.253 e. The summed E-state index contributed by atoms with van der Waals surface area (Å²) in [7, 11) is 0. The van der Waals surface area contributed by atoms with Crippen LogP contribution in [0.5, 0.6) is 0 Å². The first kappa shape index (κ1) is 14.3. The predicted octanol–water partition coefficient (Wildman–Crippen LogP) is 1.69. The number of H-pyrrole nitrogens is 1. The lowest BCUT2D eigenvalue weighted by atomic mass is 10.1. The largest absolute Gasteiger partial charge is 0.391 e. The molecule has 0 bridgehead atoms. The summed E-state index contributed by atoms with van der Waals surface area (Å²) >= 11 is 0. The van der Waals surface area contributed by atoms with Gasteiger partial charge < -0.3 is 20.7 Å². The molecule has 0 radical (unpaired) electrons. The molecular weight excluding hydrogens is 282 g/mol. The number of nitrogens with one attached hydrogen (secondary N) is 3. The van der Waals surface area contributed by atoms with Gasteiger partial charge in [-0.05, 0) is 19.9 Å². The molecule has 0 saturated heterocycles. The van der Waals surface area contributed by atoms with Gasteiger partial charge in [-0.3, -0.25) is 9.59 Å². The molecule has 22 heavy (non-hydrogen) atoms. The van der Waals surface area contributed by atoms with Gasteiger partial charge in [0.05, 0.1) is 11.8 Å². The summed E-state index contributed by atoms with van der Waals surface area (Å²) in [6.45, 7) is 3.37. The second-order valence-electron chi connectivity index (χ2n) is 5.45. The molecule has 3 aromatic rings. The van der Waals surface area contributed by atoms with E-state index < -0.39 is 17.0 Å². The molecule has 3 rings (SSSR count). The molecular formula is C16H17N3O3. The number of hydrogen-bond acceptors (Lipinski definition) is 5. The van der Waals surface area contributed by atoms with Gasteiger partial charge in [-0.15, -0.1) is 0 Å². The number of hydrogen-bond donors (Lipinski definition) is 4. The minimum atomic E-state index is -0.634. The average Bonchev–Trinajstić information content (AvgIpc) is 2.93. The number of fused-ring (bicyclic) bond motifs is 1. The van der Waals surface area contributed by atoms with Crippen molar-refractivity contribution in [2.45, 2.75) is 26.0 Å². The summed E-state index contributed by atoms with van der Waals surface area (Å²) in [6.07, 6.45) is 1.12. The van der Waals surface area contributed by atoms with Crippen LogP contribution in [-0.2, 0) is 0 Å². The van der Waals surface area contributed by atoms with Gasteiger partial charge in [-0.1, -0.05) is 18.2 Å². The number of para-hydroxylation sites is 1. The van der Waals surface area contributed by atoms with E-state index in [-0.39, 0.29) is 17.4 Å². The number of aliphatic hydroxyl groups is 1. The molecule has 6 heteroatoms. The fourth-order valence-electron chi connectivity index (χ4n) is 2.31. The maximum Gasteiger partial charge on any atom is 0.253 e. The van der Waals surface area contributed by atoms with Gasteiger partial charge in [0.15, 0.2) is 0 Å². The zero-order chi connectivity index (χ0) is 15.9. The summed E-state index contributed by atoms with van der Waals surface area (Å²) in [5.74, 6) is 0. The Morgan fingerprint density at radius 2 is 1.77 bits per heavy atom. The van der Waals surface area contributed by atoms with Crippen molar-refractivity contribution in [2.24, 2.45) is 0 Å². The molecule has 0 aliphatic rings. The topological polar surface area (TPSA) is 94.2 Å². The van der Waals surface area contributed by atoms with Crippen LogP contribution in [0.2, 0.25) is 0 Å². The quantitative estimate of drug-likeness (QED) is 0.538. The summed E-state index contributed by atoms with van der Waals surface area (Å²) in [4.78, 5) is 26.6. The van der Waals surface area contributed by atoms with E-state index in [1.807, 2.05) is 24.3 Å². The second kappa shape index (κ2) is 5.31. The second-order valence-corrected chi connectivity index (χ2v) is 5.45. The summed E-state index contributed by atoms with van der Waals surface area (Å²) < 4.78 is 0. The minimum absolute atomic E-state index is 0.226. The fourth-order valence-corrected chi connectivity index (χ4v) is 2.31. The molecule has 1 heterocycles. The molecule has 114 valence electrons. The van der Waals surface area contributed by atoms with Crippen molar-refractivity contribution in [1.82, 2.24) is 4.98 Å². The average molecular weight is 299 g/mol. The van der Waals surface area contributed by atoms with Gasteiger partial charge >= 0.3 is 0 Å². The van der Waals surface area contributed by atoms with E-state index in [4.69, 9.17) is 0 Å². The molecule has 0 spiro atoms. The van der Waals surface area contributed by atoms with Crippen LogP contribution in [0.1, 0.15) is 13.8 Å². The first-order chi connectivity index (χ1) is 10.5. The zero-order valence-corrected chi connectivity index (χ0v) is 12.3. The van der Waals surface area contributed by atoms with Crippen molar-refractivity contribution in [2.75, 3.05) is 10.6 Å². The number of aromatic nitrogens is 1. The van der Waals surface area contributed by atoms with Crippen LogP contribution in [0, 0.1) is 0 Å². The molecule has 2 unspecified atom stereocenters. The van der Waals surface area contributed by atoms with Crippen LogP contribution in [0.3, 0.4) is 0 Å². The van der Waals surface area contributed by atoms with Gasteiger partial charge in [0.25, 0.3) is 10.9 Å². The number of rotatable bonds is 5. The minimum Gasteiger partial charge on any atom is -0.391 e. The highest BCUT2D eigenvalue weighted by Crippen LogP contribution is 2.28. The maximum absolute atomic E-state index is 11.8. The first-order valence-electron chi connectivity index (χ1n) is 7.10. The highest BCUT2D eigenvalue weighted by atomic mass is 16.3. The van der Waals surface area contributed by atoms with E-state index in [9.17, 15) is 14.7 Å². The molecule has 2 atom stereocenters. The Labute approximate surface area is 126 Å². The Kier molecular flexibility index (Phi) is 3.46. The molecule has 4 N–H and O–H groups in total. The number of anilines is 3. The molecule has 6 nitrogen and oxygen atoms in total. The number of aromatic amines is 1. The Hall–Kier alpha value is -2.60. The molecule has 2 aromatic carbocycles. The molecule has 0 aliphatic heterocycles. The fraction of sp³-hybridized carbons (Fsp3) is 0.250. The highest BCUT2D eigenvalue weighted by molar-refractivity contribution is 5.95. The molecule has 0 saturated carbocycles. The lowest BCUT2D eigenvalue weighted by Gasteiger charge is -2.21. The lowest BCUT2D eigenvalue weighted by molar-refractivity contribution is 0.178. The van der Waals surface area contributed by atoms with E-state index in [0.29, 0.717) is 0 Å². The highest BCUT2D eigenvalue weighted by Gasteiger charge is 2.24. The lowest BCUT2D eigenvalue weighted by Crippen LogP contribution is -2.40. The van der Waals surface area contributed by atoms with Crippen molar-refractivity contribution >= 4 is 28.0 Å². The van der Waals surface area contributed by atoms with Crippen molar-refractivity contribution < 1.29 is 5.11 Å². The molecule has 1 aromatic heterocycles. The Morgan fingerprint density at radius 1 is 1.09 bits per heavy atom. The van der Waals surface area contributed by atoms with E-state index in [1.54, 1.807) is 20.0 Å². The number of benzene rings is 1. The molecule has 0 fully saturated rings. The standard InChI is InChI=1S/C16H17N3O3/c1-8(9(2)20)18-13-14(16(22)15(13)21)19-12-7-17-11-6-4-3-5-10(11)12/h3-9,17-20H,1-2H3. The third-order valence-electron chi connectivity index (χ3n) is 3.85. The van der Waals surface area contributed by atoms with Crippen LogP contribution in [-0.4, -0.2) is 22.2 Å². The monoisotopic (exact) mass is 299 g/mol. The predicted molar refractivity (Wildman–Crippen MR) is 87.7 cm³/mol. The van der Waals surface area contributed by atoms with Crippen molar-refractivity contribution in [3.63, 3.8) is 0 Å². The van der Waals surface area contributed by atoms with Crippen LogP contribution < -0.4 is 21.5 Å². The summed E-state index contributed by atoms with van der Waals surface area (Å²) in [5.41, 5.74) is 1.03. The van der Waals surface area contributed by atoms with Gasteiger partial charge in [-0.25, -0.2) is 0 Å². The first-order valence-corrected chi connectivity index (χ1v) is 7.10. The Morgan fingerprint density at radius 3 is 2.50 bits per heavy atom. The van der Waals surface area contributed by atoms with Crippen LogP contribution in [0.25, 0.3) is 10.9 Å². The van der Waals surface area contributed by atoms with E-state index in [0.717, 1.165) is 16.6 Å². The van der Waals surface area contributed by atoms with E-state index in [2.05, 4.69) is 15.6 Å². The Balaban J connectivity index is 1.92. The van der Waals surface area contributed by atoms with Crippen LogP contribution in [0.4, 0.5) is 17.1 Å². The van der Waals surface area contributed by atoms with Gasteiger partial charge in [0.2, 0.25) is 0 Å². The molecule has 0 aliphatic carbocycles. The Bertz CT molecular complexity index is 888. The van der Waals surface area contributed by atoms with Gasteiger partial charge in [-0.2, -0.15) is 0 Å². The van der Waals surface area contributed by atoms with Crippen molar-refractivity contribution in [3.8, 4) is 0 Å². The third kappa shape index (κ3) is 2.27. The van der Waals surface area contributed by atoms with E-state index in [1.165, 1.54) is 0 Å². The SMILES string of the molecule is CC(O)C(C)Nc1c(Nc2c[nH]c3ccccc23)c(=O)c1=O. The van der Waals surface area contributed by atoms with Gasteiger partial charge in [0, 0.05) is 23.1 Å². The van der Waals surface area contributed by atoms with Crippen LogP contribution in [0.15, 0.2) is 40.1 Å². The zero-order valence-electron chi connectivity index (χ0n) is 12.3. The van der Waals surface area contributed by atoms with Crippen molar-refractivity contribution in [3.05, 3.63) is 50.9 Å². The summed E-state index contributed by atoms with van der Waals surface area (Å²) in [6, 6.07) is 7.34. The normalized spacial score (nSPS) is 14.1. The van der Waals surface area contributed by atoms with Gasteiger partial charge in [0.1, 0.15) is 11.4 Å². The van der Waals surface area contributed by atoms with E-state index >= 15 is 0 Å². The third-order valence-corrected chi connectivity index (χ3v) is 3.85.